The number of hydrogen-bond donors (Lipinski definition) is 0. The molecule has 0 saturated heterocycles. The molecule has 0 fully saturated rings. The molecule has 1 aromatic rings. The van der Waals surface area contributed by atoms with Gasteiger partial charge in [-0.25, -0.2) is 0 Å². The standard InChI is InChI=1S/C11H9NOS/c1-2-5-13-9-10(8-12)7-11-4-3-6-14-11/h1,3-4,6-7H,5,9H2/b10-7-. The summed E-state index contributed by atoms with van der Waals surface area (Å²) >= 11 is 1.58. The molecule has 70 valence electrons. The van der Waals surface area contributed by atoms with Crippen LogP contribution in [0.15, 0.2) is 23.1 Å². The molecule has 0 unspecified atom stereocenters. The third-order valence-corrected chi connectivity index (χ3v) is 2.27. The van der Waals surface area contributed by atoms with Crippen molar-refractivity contribution in [1.82, 2.24) is 0 Å². The normalized spacial score (nSPS) is 10.6. The highest BCUT2D eigenvalue weighted by Crippen LogP contribution is 2.13. The van der Waals surface area contributed by atoms with Crippen LogP contribution in [0.2, 0.25) is 0 Å². The summed E-state index contributed by atoms with van der Waals surface area (Å²) in [6.45, 7) is 0.516. The van der Waals surface area contributed by atoms with E-state index in [-0.39, 0.29) is 13.2 Å². The Hall–Kier alpha value is -1.55. The van der Waals surface area contributed by atoms with E-state index in [0.717, 1.165) is 4.88 Å². The van der Waals surface area contributed by atoms with E-state index in [1.54, 1.807) is 17.4 Å². The number of hydrogen-bond acceptors (Lipinski definition) is 3. The van der Waals surface area contributed by atoms with Crippen molar-refractivity contribution >= 4 is 17.4 Å². The largest absolute Gasteiger partial charge is 0.363 e. The molecule has 2 nitrogen and oxygen atoms in total. The second kappa shape index (κ2) is 5.99. The number of ether oxygens (including phenoxy) is 1. The van der Waals surface area contributed by atoms with E-state index in [2.05, 4.69) is 12.0 Å². The van der Waals surface area contributed by atoms with E-state index in [1.807, 2.05) is 17.5 Å². The van der Waals surface area contributed by atoms with Gasteiger partial charge >= 0.3 is 0 Å². The van der Waals surface area contributed by atoms with E-state index in [1.165, 1.54) is 0 Å². The Bertz CT molecular complexity index is 378. The van der Waals surface area contributed by atoms with Crippen LogP contribution in [-0.4, -0.2) is 13.2 Å². The first-order chi connectivity index (χ1) is 6.86. The second-order valence-corrected chi connectivity index (χ2v) is 3.47. The Kier molecular flexibility index (Phi) is 4.50. The van der Waals surface area contributed by atoms with Crippen molar-refractivity contribution in [3.63, 3.8) is 0 Å². The predicted molar refractivity (Wildman–Crippen MR) is 57.6 cm³/mol. The predicted octanol–water partition coefficient (Wildman–Crippen LogP) is 2.30. The SMILES string of the molecule is C#CCOC/C(C#N)=C\c1cccs1. The first-order valence-corrected chi connectivity index (χ1v) is 4.90. The van der Waals surface area contributed by atoms with Gasteiger partial charge in [0.15, 0.2) is 0 Å². The van der Waals surface area contributed by atoms with Crippen LogP contribution < -0.4 is 0 Å². The number of rotatable bonds is 4. The van der Waals surface area contributed by atoms with Crippen LogP contribution in [0.25, 0.3) is 6.08 Å². The lowest BCUT2D eigenvalue weighted by Crippen LogP contribution is -1.96. The maximum atomic E-state index is 8.78. The molecule has 0 aliphatic heterocycles. The molecular weight excluding hydrogens is 194 g/mol. The summed E-state index contributed by atoms with van der Waals surface area (Å²) in [6.07, 6.45) is 6.82. The molecule has 1 rings (SSSR count). The minimum Gasteiger partial charge on any atom is -0.363 e. The highest BCUT2D eigenvalue weighted by Gasteiger charge is 1.96. The molecular formula is C11H9NOS. The smallest absolute Gasteiger partial charge is 0.107 e. The topological polar surface area (TPSA) is 33.0 Å². The molecule has 0 aromatic carbocycles. The van der Waals surface area contributed by atoms with Gasteiger partial charge in [0.05, 0.1) is 18.2 Å². The molecule has 0 spiro atoms. The lowest BCUT2D eigenvalue weighted by Gasteiger charge is -1.96. The van der Waals surface area contributed by atoms with Gasteiger partial charge in [-0.05, 0) is 17.5 Å². The van der Waals surface area contributed by atoms with Crippen LogP contribution >= 0.6 is 11.3 Å². The van der Waals surface area contributed by atoms with Crippen LogP contribution in [0, 0.1) is 23.7 Å². The van der Waals surface area contributed by atoms with Crippen LogP contribution in [0.4, 0.5) is 0 Å². The van der Waals surface area contributed by atoms with Crippen LogP contribution in [0.1, 0.15) is 4.88 Å². The fourth-order valence-corrected chi connectivity index (χ4v) is 1.55. The summed E-state index contributed by atoms with van der Waals surface area (Å²) in [4.78, 5) is 1.05. The number of terminal acetylenes is 1. The van der Waals surface area contributed by atoms with Crippen LogP contribution in [0.5, 0.6) is 0 Å². The minimum atomic E-state index is 0.240. The molecule has 14 heavy (non-hydrogen) atoms. The molecule has 0 N–H and O–H groups in total. The van der Waals surface area contributed by atoms with Crippen molar-refractivity contribution in [3.8, 4) is 18.4 Å². The molecule has 1 aromatic heterocycles. The lowest BCUT2D eigenvalue weighted by atomic mass is 10.2. The summed E-state index contributed by atoms with van der Waals surface area (Å²) in [7, 11) is 0. The Morgan fingerprint density at radius 3 is 3.14 bits per heavy atom. The van der Waals surface area contributed by atoms with E-state index in [9.17, 15) is 0 Å². The van der Waals surface area contributed by atoms with Crippen molar-refractivity contribution in [3.05, 3.63) is 28.0 Å². The minimum absolute atomic E-state index is 0.240. The molecule has 0 aliphatic rings. The molecule has 3 heteroatoms. The molecule has 0 bridgehead atoms. The van der Waals surface area contributed by atoms with Gasteiger partial charge < -0.3 is 4.74 Å². The van der Waals surface area contributed by atoms with Gasteiger partial charge in [-0.3, -0.25) is 0 Å². The molecule has 0 radical (unpaired) electrons. The molecule has 0 aliphatic carbocycles. The molecule has 0 atom stereocenters. The summed E-state index contributed by atoms with van der Waals surface area (Å²) in [5, 5.41) is 10.7. The van der Waals surface area contributed by atoms with E-state index in [0.29, 0.717) is 5.57 Å². The fraction of sp³-hybridized carbons (Fsp3) is 0.182. The summed E-state index contributed by atoms with van der Waals surface area (Å²) in [5.74, 6) is 2.35. The Morgan fingerprint density at radius 2 is 2.57 bits per heavy atom. The summed E-state index contributed by atoms with van der Waals surface area (Å²) < 4.78 is 5.06. The third-order valence-electron chi connectivity index (χ3n) is 1.45. The number of nitriles is 1. The number of nitrogens with zero attached hydrogens (tertiary/aromatic N) is 1. The molecule has 1 heterocycles. The average Bonchev–Trinajstić information content (AvgIpc) is 2.69. The zero-order valence-corrected chi connectivity index (χ0v) is 8.38. The van der Waals surface area contributed by atoms with Crippen molar-refractivity contribution in [2.24, 2.45) is 0 Å². The van der Waals surface area contributed by atoms with Gasteiger partial charge in [0.2, 0.25) is 0 Å². The second-order valence-electron chi connectivity index (χ2n) is 2.49. The zero-order chi connectivity index (χ0) is 10.2. The number of thiophene rings is 1. The highest BCUT2D eigenvalue weighted by molar-refractivity contribution is 7.10. The van der Waals surface area contributed by atoms with Gasteiger partial charge in [-0.2, -0.15) is 5.26 Å². The van der Waals surface area contributed by atoms with Crippen molar-refractivity contribution in [2.45, 2.75) is 0 Å². The average molecular weight is 203 g/mol. The summed E-state index contributed by atoms with van der Waals surface area (Å²) in [5.41, 5.74) is 0.586. The maximum Gasteiger partial charge on any atom is 0.107 e. The van der Waals surface area contributed by atoms with Gasteiger partial charge in [0.1, 0.15) is 6.61 Å². The van der Waals surface area contributed by atoms with E-state index < -0.39 is 0 Å². The Balaban J connectivity index is 2.56. The first kappa shape index (κ1) is 10.5. The monoisotopic (exact) mass is 203 g/mol. The third kappa shape index (κ3) is 3.45. The van der Waals surface area contributed by atoms with Gasteiger partial charge in [0, 0.05) is 4.88 Å². The van der Waals surface area contributed by atoms with Crippen molar-refractivity contribution in [1.29, 1.82) is 5.26 Å². The first-order valence-electron chi connectivity index (χ1n) is 4.02. The van der Waals surface area contributed by atoms with Crippen molar-refractivity contribution in [2.75, 3.05) is 13.2 Å². The van der Waals surface area contributed by atoms with Crippen molar-refractivity contribution < 1.29 is 4.74 Å². The quantitative estimate of drug-likeness (QED) is 0.427. The lowest BCUT2D eigenvalue weighted by molar-refractivity contribution is 0.195. The van der Waals surface area contributed by atoms with Gasteiger partial charge in [0.25, 0.3) is 0 Å². The van der Waals surface area contributed by atoms with Crippen LogP contribution in [0.3, 0.4) is 0 Å². The fourth-order valence-electron chi connectivity index (χ4n) is 0.871. The molecule has 0 saturated carbocycles. The van der Waals surface area contributed by atoms with E-state index >= 15 is 0 Å². The van der Waals surface area contributed by atoms with Gasteiger partial charge in [-0.1, -0.05) is 12.0 Å². The van der Waals surface area contributed by atoms with Crippen LogP contribution in [-0.2, 0) is 4.74 Å². The van der Waals surface area contributed by atoms with E-state index in [4.69, 9.17) is 16.4 Å². The zero-order valence-electron chi connectivity index (χ0n) is 7.56. The highest BCUT2D eigenvalue weighted by atomic mass is 32.1. The Labute approximate surface area is 87.4 Å². The van der Waals surface area contributed by atoms with Gasteiger partial charge in [-0.15, -0.1) is 17.8 Å². The summed E-state index contributed by atoms with van der Waals surface area (Å²) in [6, 6.07) is 5.96. The Morgan fingerprint density at radius 1 is 1.71 bits per heavy atom. The molecule has 0 amide bonds. The maximum absolute atomic E-state index is 8.78.